The van der Waals surface area contributed by atoms with Gasteiger partial charge >= 0.3 is 0 Å². The third-order valence-corrected chi connectivity index (χ3v) is 4.44. The topological polar surface area (TPSA) is 103 Å². The summed E-state index contributed by atoms with van der Waals surface area (Å²) in [5.74, 6) is 0.986. The fraction of sp³-hybridized carbons (Fsp3) is 0.824. The van der Waals surface area contributed by atoms with Gasteiger partial charge in [0.1, 0.15) is 0 Å². The van der Waals surface area contributed by atoms with Crippen molar-refractivity contribution < 1.29 is 9.59 Å². The molecular weight excluding hydrogens is 320 g/mol. The second kappa shape index (κ2) is 12.5. The van der Waals surface area contributed by atoms with Crippen LogP contribution in [0, 0.1) is 0 Å². The summed E-state index contributed by atoms with van der Waals surface area (Å²) in [6.07, 6.45) is 6.31. The van der Waals surface area contributed by atoms with Gasteiger partial charge in [0, 0.05) is 46.8 Å². The molecule has 25 heavy (non-hydrogen) atoms. The first-order valence-corrected chi connectivity index (χ1v) is 9.23. The number of hydrogen-bond acceptors (Lipinski definition) is 4. The summed E-state index contributed by atoms with van der Waals surface area (Å²) in [6.45, 7) is 4.38. The molecule has 0 aromatic carbocycles. The molecule has 1 heterocycles. The van der Waals surface area contributed by atoms with Crippen LogP contribution in [-0.4, -0.2) is 80.9 Å². The Labute approximate surface area is 151 Å². The summed E-state index contributed by atoms with van der Waals surface area (Å²) in [4.78, 5) is 30.8. The SMILES string of the molecule is CN=C1N(C)CCN1CCCCCCNC(=O)C(N)CCCNC=O. The van der Waals surface area contributed by atoms with Gasteiger partial charge in [-0.15, -0.1) is 0 Å². The van der Waals surface area contributed by atoms with Crippen LogP contribution >= 0.6 is 0 Å². The van der Waals surface area contributed by atoms with Crippen LogP contribution in [0.1, 0.15) is 38.5 Å². The molecular formula is C17H34N6O2. The molecule has 1 unspecified atom stereocenters. The molecule has 144 valence electrons. The highest BCUT2D eigenvalue weighted by Gasteiger charge is 2.21. The lowest BCUT2D eigenvalue weighted by Gasteiger charge is -2.20. The normalized spacial score (nSPS) is 17.0. The Bertz CT molecular complexity index is 429. The molecule has 0 aromatic heterocycles. The number of amides is 2. The van der Waals surface area contributed by atoms with Gasteiger partial charge in [0.05, 0.1) is 6.04 Å². The van der Waals surface area contributed by atoms with E-state index < -0.39 is 6.04 Å². The van der Waals surface area contributed by atoms with Gasteiger partial charge < -0.3 is 26.2 Å². The largest absolute Gasteiger partial charge is 0.359 e. The van der Waals surface area contributed by atoms with Gasteiger partial charge in [-0.2, -0.15) is 0 Å². The minimum absolute atomic E-state index is 0.102. The molecule has 2 amide bonds. The third kappa shape index (κ3) is 8.20. The van der Waals surface area contributed by atoms with Crippen LogP contribution in [0.5, 0.6) is 0 Å². The van der Waals surface area contributed by atoms with E-state index in [1.807, 2.05) is 7.05 Å². The lowest BCUT2D eigenvalue weighted by atomic mass is 10.1. The number of nitrogens with two attached hydrogens (primary N) is 1. The number of carbonyl (C=O) groups excluding carboxylic acids is 2. The zero-order valence-electron chi connectivity index (χ0n) is 15.7. The van der Waals surface area contributed by atoms with Gasteiger partial charge in [0.2, 0.25) is 12.3 Å². The molecule has 1 rings (SSSR count). The lowest BCUT2D eigenvalue weighted by Crippen LogP contribution is -2.41. The summed E-state index contributed by atoms with van der Waals surface area (Å²) in [6, 6.07) is -0.493. The quantitative estimate of drug-likeness (QED) is 0.313. The number of guanidine groups is 1. The van der Waals surface area contributed by atoms with Crippen molar-refractivity contribution in [3.8, 4) is 0 Å². The van der Waals surface area contributed by atoms with Crippen LogP contribution < -0.4 is 16.4 Å². The van der Waals surface area contributed by atoms with Crippen molar-refractivity contribution in [1.29, 1.82) is 0 Å². The monoisotopic (exact) mass is 354 g/mol. The summed E-state index contributed by atoms with van der Waals surface area (Å²) in [5, 5.41) is 5.45. The molecule has 0 aromatic rings. The van der Waals surface area contributed by atoms with Crippen LogP contribution in [0.4, 0.5) is 0 Å². The number of nitrogens with zero attached hydrogens (tertiary/aromatic N) is 3. The van der Waals surface area contributed by atoms with Gasteiger partial charge in [-0.05, 0) is 25.7 Å². The smallest absolute Gasteiger partial charge is 0.236 e. The number of unbranched alkanes of at least 4 members (excludes halogenated alkanes) is 3. The van der Waals surface area contributed by atoms with E-state index in [1.165, 1.54) is 0 Å². The number of carbonyl (C=O) groups is 2. The molecule has 8 heteroatoms. The van der Waals surface area contributed by atoms with Crippen molar-refractivity contribution in [2.24, 2.45) is 10.7 Å². The predicted molar refractivity (Wildman–Crippen MR) is 100 cm³/mol. The first kappa shape index (κ1) is 21.2. The Morgan fingerprint density at radius 1 is 1.24 bits per heavy atom. The van der Waals surface area contributed by atoms with Crippen LogP contribution in [0.2, 0.25) is 0 Å². The van der Waals surface area contributed by atoms with E-state index in [9.17, 15) is 9.59 Å². The first-order valence-electron chi connectivity index (χ1n) is 9.23. The molecule has 1 saturated heterocycles. The fourth-order valence-corrected chi connectivity index (χ4v) is 2.97. The number of nitrogens with one attached hydrogen (secondary N) is 2. The van der Waals surface area contributed by atoms with Gasteiger partial charge in [-0.1, -0.05) is 12.8 Å². The Morgan fingerprint density at radius 2 is 2.00 bits per heavy atom. The second-order valence-electron chi connectivity index (χ2n) is 6.46. The molecule has 4 N–H and O–H groups in total. The molecule has 0 saturated carbocycles. The molecule has 1 fully saturated rings. The summed E-state index contributed by atoms with van der Waals surface area (Å²) in [5.41, 5.74) is 5.82. The zero-order valence-corrected chi connectivity index (χ0v) is 15.7. The van der Waals surface area contributed by atoms with E-state index in [0.717, 1.165) is 51.3 Å². The van der Waals surface area contributed by atoms with Crippen molar-refractivity contribution >= 4 is 18.3 Å². The third-order valence-electron chi connectivity index (χ3n) is 4.44. The number of rotatable bonds is 13. The van der Waals surface area contributed by atoms with E-state index in [2.05, 4.69) is 32.5 Å². The van der Waals surface area contributed by atoms with Gasteiger partial charge in [-0.25, -0.2) is 0 Å². The second-order valence-corrected chi connectivity index (χ2v) is 6.46. The maximum absolute atomic E-state index is 11.8. The number of aliphatic imine (C=N–C) groups is 1. The summed E-state index contributed by atoms with van der Waals surface area (Å²) >= 11 is 0. The maximum atomic E-state index is 11.8. The summed E-state index contributed by atoms with van der Waals surface area (Å²) in [7, 11) is 3.92. The molecule has 1 aliphatic heterocycles. The van der Waals surface area contributed by atoms with Crippen LogP contribution in [-0.2, 0) is 9.59 Å². The average Bonchev–Trinajstić information content (AvgIpc) is 2.97. The van der Waals surface area contributed by atoms with Gasteiger partial charge in [0.25, 0.3) is 0 Å². The molecule has 0 spiro atoms. The minimum atomic E-state index is -0.493. The zero-order chi connectivity index (χ0) is 18.5. The van der Waals surface area contributed by atoms with Gasteiger partial charge in [0.15, 0.2) is 5.96 Å². The molecule has 8 nitrogen and oxygen atoms in total. The first-order chi connectivity index (χ1) is 12.1. The molecule has 1 aliphatic rings. The number of likely N-dealkylation sites (N-methyl/N-ethyl adjacent to an activating group) is 1. The Hall–Kier alpha value is -1.83. The predicted octanol–water partition coefficient (Wildman–Crippen LogP) is -0.250. The Morgan fingerprint density at radius 3 is 2.72 bits per heavy atom. The van der Waals surface area contributed by atoms with E-state index in [1.54, 1.807) is 0 Å². The highest BCUT2D eigenvalue weighted by molar-refractivity contribution is 5.81. The van der Waals surface area contributed by atoms with Crippen LogP contribution in [0.15, 0.2) is 4.99 Å². The van der Waals surface area contributed by atoms with Crippen molar-refractivity contribution in [3.63, 3.8) is 0 Å². The van der Waals surface area contributed by atoms with E-state index >= 15 is 0 Å². The highest BCUT2D eigenvalue weighted by Crippen LogP contribution is 2.09. The van der Waals surface area contributed by atoms with E-state index in [4.69, 9.17) is 5.73 Å². The molecule has 0 aliphatic carbocycles. The minimum Gasteiger partial charge on any atom is -0.359 e. The van der Waals surface area contributed by atoms with Crippen LogP contribution in [0.3, 0.4) is 0 Å². The lowest BCUT2D eigenvalue weighted by molar-refractivity contribution is -0.122. The van der Waals surface area contributed by atoms with E-state index in [0.29, 0.717) is 32.3 Å². The van der Waals surface area contributed by atoms with Crippen LogP contribution in [0.25, 0.3) is 0 Å². The van der Waals surface area contributed by atoms with Gasteiger partial charge in [-0.3, -0.25) is 14.6 Å². The van der Waals surface area contributed by atoms with Crippen molar-refractivity contribution in [1.82, 2.24) is 20.4 Å². The van der Waals surface area contributed by atoms with E-state index in [-0.39, 0.29) is 5.91 Å². The Kier molecular flexibility index (Phi) is 10.6. The Balaban J connectivity index is 1.99. The molecule has 0 bridgehead atoms. The highest BCUT2D eigenvalue weighted by atomic mass is 16.2. The average molecular weight is 354 g/mol. The van der Waals surface area contributed by atoms with Crippen molar-refractivity contribution in [2.45, 2.75) is 44.6 Å². The fourth-order valence-electron chi connectivity index (χ4n) is 2.97. The molecule has 0 radical (unpaired) electrons. The van der Waals surface area contributed by atoms with Crippen molar-refractivity contribution in [2.75, 3.05) is 46.8 Å². The summed E-state index contributed by atoms with van der Waals surface area (Å²) < 4.78 is 0. The number of hydrogen-bond donors (Lipinski definition) is 3. The van der Waals surface area contributed by atoms with Crippen molar-refractivity contribution in [3.05, 3.63) is 0 Å². The molecule has 1 atom stereocenters. The maximum Gasteiger partial charge on any atom is 0.236 e. The standard InChI is InChI=1S/C17H34N6O2/c1-19-17-22(2)12-13-23(17)11-6-4-3-5-10-21-16(25)15(18)8-7-9-20-14-24/h14-15H,3-13,18H2,1-2H3,(H,20,24)(H,21,25).